The fourth-order valence-corrected chi connectivity index (χ4v) is 5.09. The summed E-state index contributed by atoms with van der Waals surface area (Å²) in [5.41, 5.74) is 2.87. The summed E-state index contributed by atoms with van der Waals surface area (Å²) in [5, 5.41) is 12.4. The number of anilines is 1. The Kier molecular flexibility index (Phi) is 4.68. The number of aromatic nitrogens is 7. The molecule has 4 aromatic heterocycles. The van der Waals surface area contributed by atoms with Crippen molar-refractivity contribution in [3.63, 3.8) is 0 Å². The van der Waals surface area contributed by atoms with Crippen LogP contribution in [-0.4, -0.2) is 58.4 Å². The van der Waals surface area contributed by atoms with Crippen LogP contribution in [0, 0.1) is 23.7 Å². The van der Waals surface area contributed by atoms with Gasteiger partial charge in [-0.25, -0.2) is 29.9 Å². The van der Waals surface area contributed by atoms with E-state index < -0.39 is 11.0 Å². The average Bonchev–Trinajstić information content (AvgIpc) is 3.37. The van der Waals surface area contributed by atoms with Crippen molar-refractivity contribution in [2.75, 3.05) is 18.4 Å². The molecule has 180 valence electrons. The summed E-state index contributed by atoms with van der Waals surface area (Å²) >= 11 is 0. The van der Waals surface area contributed by atoms with Crippen LogP contribution in [0.25, 0.3) is 33.8 Å². The van der Waals surface area contributed by atoms with Crippen LogP contribution in [0.4, 0.5) is 5.82 Å². The molecule has 0 spiro atoms. The zero-order valence-electron chi connectivity index (χ0n) is 20.4. The number of fused-ring (bicyclic) bond motifs is 2. The van der Waals surface area contributed by atoms with E-state index in [1.165, 1.54) is 6.33 Å². The van der Waals surface area contributed by atoms with Gasteiger partial charge in [-0.05, 0) is 33.8 Å². The number of imidazole rings is 1. The molecule has 36 heavy (non-hydrogen) atoms. The Labute approximate surface area is 207 Å². The second-order valence-corrected chi connectivity index (χ2v) is 9.77. The molecular weight excluding hydrogens is 456 g/mol. The van der Waals surface area contributed by atoms with Gasteiger partial charge in [0.1, 0.15) is 40.5 Å². The monoisotopic (exact) mass is 480 g/mol. The predicted molar refractivity (Wildman–Crippen MR) is 131 cm³/mol. The lowest BCUT2D eigenvalue weighted by Crippen LogP contribution is -2.63. The van der Waals surface area contributed by atoms with Crippen LogP contribution in [0.2, 0.25) is 0 Å². The lowest BCUT2D eigenvalue weighted by Gasteiger charge is -2.50. The molecule has 4 aromatic rings. The van der Waals surface area contributed by atoms with E-state index in [-0.39, 0.29) is 5.91 Å². The average molecular weight is 481 g/mol. The van der Waals surface area contributed by atoms with Crippen molar-refractivity contribution in [1.29, 1.82) is 5.26 Å². The third-order valence-corrected chi connectivity index (χ3v) is 7.23. The molecule has 2 aliphatic heterocycles. The molecule has 0 bridgehead atoms. The second-order valence-electron chi connectivity index (χ2n) is 9.77. The van der Waals surface area contributed by atoms with Gasteiger partial charge in [0.15, 0.2) is 5.65 Å². The number of likely N-dealkylation sites (tertiary alicyclic amines) is 1. The number of rotatable bonds is 4. The summed E-state index contributed by atoms with van der Waals surface area (Å²) in [6.07, 6.45) is 6.72. The zero-order chi connectivity index (χ0) is 25.2. The van der Waals surface area contributed by atoms with Crippen molar-refractivity contribution in [3.8, 4) is 28.7 Å². The van der Waals surface area contributed by atoms with E-state index in [2.05, 4.69) is 36.3 Å². The van der Waals surface area contributed by atoms with Crippen LogP contribution < -0.4 is 5.32 Å². The maximum absolute atomic E-state index is 13.1. The minimum atomic E-state index is -0.923. The first-order valence-corrected chi connectivity index (χ1v) is 11.8. The maximum atomic E-state index is 13.1. The van der Waals surface area contributed by atoms with Gasteiger partial charge in [0.2, 0.25) is 0 Å². The van der Waals surface area contributed by atoms with Gasteiger partial charge in [-0.2, -0.15) is 5.26 Å². The van der Waals surface area contributed by atoms with E-state index in [9.17, 15) is 10.1 Å². The molecule has 1 fully saturated rings. The summed E-state index contributed by atoms with van der Waals surface area (Å²) in [6, 6.07) is 4.30. The van der Waals surface area contributed by atoms with Crippen molar-refractivity contribution < 1.29 is 4.79 Å². The van der Waals surface area contributed by atoms with Gasteiger partial charge in [-0.15, -0.1) is 0 Å². The van der Waals surface area contributed by atoms with Crippen molar-refractivity contribution in [2.24, 2.45) is 5.41 Å². The van der Waals surface area contributed by atoms with Gasteiger partial charge in [-0.1, -0.05) is 0 Å². The Bertz CT molecular complexity index is 1580. The predicted octanol–water partition coefficient (Wildman–Crippen LogP) is 2.69. The smallest absolute Gasteiger partial charge is 0.250 e. The molecule has 11 heteroatoms. The maximum Gasteiger partial charge on any atom is 0.250 e. The molecule has 1 atom stereocenters. The molecule has 1 amide bonds. The number of pyridine rings is 1. The summed E-state index contributed by atoms with van der Waals surface area (Å²) < 4.78 is 2.01. The standard InChI is InChI=1S/C25H24N10O/c1-5-35-21(16-8-27-14(2)28-9-16)32-19-18(30-13-31-22(19)35)15-6-17-20(29-7-15)33-23(36)25(17,4)34-11-24(3,10-26)12-34/h6-9,13H,5,11-12H2,1-4H3,(H,29,33,36)/t25-/m0/s1. The molecule has 0 saturated carbocycles. The van der Waals surface area contributed by atoms with Crippen molar-refractivity contribution >= 4 is 22.9 Å². The van der Waals surface area contributed by atoms with E-state index >= 15 is 0 Å². The lowest BCUT2D eigenvalue weighted by atomic mass is 9.77. The highest BCUT2D eigenvalue weighted by molar-refractivity contribution is 6.05. The molecule has 6 heterocycles. The normalized spacial score (nSPS) is 20.6. The van der Waals surface area contributed by atoms with E-state index in [0.29, 0.717) is 54.0 Å². The van der Waals surface area contributed by atoms with Gasteiger partial charge >= 0.3 is 0 Å². The van der Waals surface area contributed by atoms with Crippen LogP contribution in [0.15, 0.2) is 31.0 Å². The van der Waals surface area contributed by atoms with Gasteiger partial charge in [0.05, 0.1) is 17.0 Å². The minimum Gasteiger partial charge on any atom is -0.309 e. The largest absolute Gasteiger partial charge is 0.309 e. The molecule has 1 N–H and O–H groups in total. The van der Waals surface area contributed by atoms with E-state index in [1.807, 2.05) is 43.2 Å². The number of carbonyl (C=O) groups excluding carboxylic acids is 1. The first-order valence-electron chi connectivity index (χ1n) is 11.8. The minimum absolute atomic E-state index is 0.146. The Morgan fingerprint density at radius 3 is 2.50 bits per heavy atom. The number of nitriles is 1. The van der Waals surface area contributed by atoms with E-state index in [1.54, 1.807) is 18.6 Å². The van der Waals surface area contributed by atoms with Gasteiger partial charge < -0.3 is 9.88 Å². The summed E-state index contributed by atoms with van der Waals surface area (Å²) in [6.45, 7) is 9.34. The highest BCUT2D eigenvalue weighted by Gasteiger charge is 2.55. The van der Waals surface area contributed by atoms with E-state index in [4.69, 9.17) is 4.98 Å². The van der Waals surface area contributed by atoms with Gasteiger partial charge in [0.25, 0.3) is 5.91 Å². The van der Waals surface area contributed by atoms with Gasteiger partial charge in [0, 0.05) is 49.4 Å². The molecule has 0 unspecified atom stereocenters. The van der Waals surface area contributed by atoms with Crippen LogP contribution in [0.3, 0.4) is 0 Å². The number of hydrogen-bond donors (Lipinski definition) is 1. The molecule has 0 aromatic carbocycles. The summed E-state index contributed by atoms with van der Waals surface area (Å²) in [7, 11) is 0. The summed E-state index contributed by atoms with van der Waals surface area (Å²) in [4.78, 5) is 42.3. The Hall–Kier alpha value is -4.30. The topological polar surface area (TPSA) is 138 Å². The first-order chi connectivity index (χ1) is 17.3. The quantitative estimate of drug-likeness (QED) is 0.467. The van der Waals surface area contributed by atoms with Crippen molar-refractivity contribution in [3.05, 3.63) is 42.4 Å². The number of carbonyl (C=O) groups is 1. The Morgan fingerprint density at radius 1 is 1.08 bits per heavy atom. The first kappa shape index (κ1) is 22.2. The Morgan fingerprint density at radius 2 is 1.81 bits per heavy atom. The molecule has 2 aliphatic rings. The molecule has 11 nitrogen and oxygen atoms in total. The highest BCUT2D eigenvalue weighted by Crippen LogP contribution is 2.46. The van der Waals surface area contributed by atoms with Crippen LogP contribution >= 0.6 is 0 Å². The lowest BCUT2D eigenvalue weighted by molar-refractivity contribution is -0.134. The fourth-order valence-electron chi connectivity index (χ4n) is 5.09. The molecule has 0 radical (unpaired) electrons. The number of aryl methyl sites for hydroxylation is 2. The number of amides is 1. The summed E-state index contributed by atoms with van der Waals surface area (Å²) in [5.74, 6) is 1.78. The number of nitrogens with zero attached hydrogens (tertiary/aromatic N) is 9. The molecular formula is C25H24N10O. The van der Waals surface area contributed by atoms with Crippen molar-refractivity contribution in [1.82, 2.24) is 39.4 Å². The molecule has 1 saturated heterocycles. The zero-order valence-corrected chi connectivity index (χ0v) is 20.4. The van der Waals surface area contributed by atoms with Crippen LogP contribution in [0.5, 0.6) is 0 Å². The SMILES string of the molecule is CCn1c(-c2cnc(C)nc2)nc2c(-c3cnc4c(c3)[C@](C)(N3CC(C)(C#N)C3)C(=O)N4)ncnc21. The van der Waals surface area contributed by atoms with Crippen LogP contribution in [0.1, 0.15) is 32.2 Å². The molecule has 6 rings (SSSR count). The van der Waals surface area contributed by atoms with Crippen LogP contribution in [-0.2, 0) is 16.9 Å². The Balaban J connectivity index is 1.47. The third-order valence-electron chi connectivity index (χ3n) is 7.23. The number of hydrogen-bond acceptors (Lipinski definition) is 9. The van der Waals surface area contributed by atoms with E-state index in [0.717, 1.165) is 16.7 Å². The molecule has 0 aliphatic carbocycles. The second kappa shape index (κ2) is 7.60. The number of nitrogens with one attached hydrogen (secondary N) is 1. The van der Waals surface area contributed by atoms with Crippen molar-refractivity contribution in [2.45, 2.75) is 39.8 Å². The van der Waals surface area contributed by atoms with Gasteiger partial charge in [-0.3, -0.25) is 9.69 Å². The fraction of sp³-hybridized carbons (Fsp3) is 0.360. The third kappa shape index (κ3) is 3.04. The highest BCUT2D eigenvalue weighted by atomic mass is 16.2.